The van der Waals surface area contributed by atoms with E-state index >= 15 is 0 Å². The third-order valence-electron chi connectivity index (χ3n) is 4.28. The van der Waals surface area contributed by atoms with Gasteiger partial charge in [0.25, 0.3) is 0 Å². The van der Waals surface area contributed by atoms with Crippen molar-refractivity contribution in [3.8, 4) is 0 Å². The summed E-state index contributed by atoms with van der Waals surface area (Å²) in [6.07, 6.45) is 3.04. The van der Waals surface area contributed by atoms with Gasteiger partial charge in [-0.05, 0) is 37.3 Å². The third-order valence-corrected chi connectivity index (χ3v) is 4.28. The number of fused-ring (bicyclic) bond motifs is 1. The molecule has 0 aliphatic rings. The first-order valence-corrected chi connectivity index (χ1v) is 7.69. The lowest BCUT2D eigenvalue weighted by Crippen LogP contribution is -2.38. The van der Waals surface area contributed by atoms with Crippen LogP contribution in [0.25, 0.3) is 11.0 Å². The lowest BCUT2D eigenvalue weighted by molar-refractivity contribution is -0.121. The second kappa shape index (κ2) is 6.33. The van der Waals surface area contributed by atoms with Crippen LogP contribution in [-0.2, 0) is 11.2 Å². The van der Waals surface area contributed by atoms with E-state index in [0.717, 1.165) is 28.5 Å². The van der Waals surface area contributed by atoms with Gasteiger partial charge in [-0.15, -0.1) is 0 Å². The van der Waals surface area contributed by atoms with Gasteiger partial charge >= 0.3 is 0 Å². The minimum atomic E-state index is 0.0662. The van der Waals surface area contributed by atoms with Gasteiger partial charge in [0.15, 0.2) is 0 Å². The standard InChI is InChI=1S/C18H25NO2/c1-6-16(11(2)3)19-17(20)9-14-10-21-18-13(5)12(4)7-8-15(14)18/h7-8,10-11,16H,6,9H2,1-5H3,(H,19,20)/t16-/m1/s1. The molecule has 21 heavy (non-hydrogen) atoms. The molecule has 3 heteroatoms. The number of hydrogen-bond acceptors (Lipinski definition) is 2. The first-order valence-electron chi connectivity index (χ1n) is 7.69. The highest BCUT2D eigenvalue weighted by atomic mass is 16.3. The second-order valence-electron chi connectivity index (χ2n) is 6.15. The normalized spacial score (nSPS) is 12.9. The van der Waals surface area contributed by atoms with E-state index in [0.29, 0.717) is 12.3 Å². The SMILES string of the molecule is CC[C@@H](NC(=O)Cc1coc2c(C)c(C)ccc12)C(C)C. The van der Waals surface area contributed by atoms with Crippen molar-refractivity contribution < 1.29 is 9.21 Å². The molecule has 0 saturated heterocycles. The summed E-state index contributed by atoms with van der Waals surface area (Å²) in [5.41, 5.74) is 4.21. The molecule has 2 rings (SSSR count). The predicted octanol–water partition coefficient (Wildman–Crippen LogP) is 4.14. The summed E-state index contributed by atoms with van der Waals surface area (Å²) in [6.45, 7) is 10.5. The summed E-state index contributed by atoms with van der Waals surface area (Å²) < 4.78 is 5.66. The second-order valence-corrected chi connectivity index (χ2v) is 6.15. The molecule has 1 aromatic carbocycles. The fraction of sp³-hybridized carbons (Fsp3) is 0.500. The van der Waals surface area contributed by atoms with Crippen molar-refractivity contribution in [1.82, 2.24) is 5.32 Å². The zero-order valence-corrected chi connectivity index (χ0v) is 13.6. The fourth-order valence-corrected chi connectivity index (χ4v) is 2.70. The summed E-state index contributed by atoms with van der Waals surface area (Å²) in [7, 11) is 0. The molecular formula is C18H25NO2. The maximum absolute atomic E-state index is 12.2. The van der Waals surface area contributed by atoms with Crippen molar-refractivity contribution >= 4 is 16.9 Å². The summed E-state index contributed by atoms with van der Waals surface area (Å²) in [5, 5.41) is 4.16. The van der Waals surface area contributed by atoms with E-state index in [1.807, 2.05) is 6.07 Å². The van der Waals surface area contributed by atoms with Gasteiger partial charge in [-0.25, -0.2) is 0 Å². The molecule has 0 spiro atoms. The zero-order chi connectivity index (χ0) is 15.6. The molecule has 1 atom stereocenters. The van der Waals surface area contributed by atoms with Crippen molar-refractivity contribution in [3.63, 3.8) is 0 Å². The Bertz CT molecular complexity index is 640. The van der Waals surface area contributed by atoms with Gasteiger partial charge in [0, 0.05) is 17.0 Å². The van der Waals surface area contributed by atoms with Crippen LogP contribution < -0.4 is 5.32 Å². The Hall–Kier alpha value is -1.77. The average Bonchev–Trinajstić information content (AvgIpc) is 2.83. The number of benzene rings is 1. The fourth-order valence-electron chi connectivity index (χ4n) is 2.70. The van der Waals surface area contributed by atoms with E-state index in [4.69, 9.17) is 4.42 Å². The van der Waals surface area contributed by atoms with Crippen molar-refractivity contribution in [2.45, 2.75) is 53.5 Å². The van der Waals surface area contributed by atoms with Crippen LogP contribution in [0.4, 0.5) is 0 Å². The Kier molecular flexibility index (Phi) is 4.71. The van der Waals surface area contributed by atoms with Gasteiger partial charge < -0.3 is 9.73 Å². The van der Waals surface area contributed by atoms with E-state index in [-0.39, 0.29) is 11.9 Å². The number of furan rings is 1. The lowest BCUT2D eigenvalue weighted by Gasteiger charge is -2.20. The first-order chi connectivity index (χ1) is 9.93. The highest BCUT2D eigenvalue weighted by Gasteiger charge is 2.17. The van der Waals surface area contributed by atoms with Crippen LogP contribution in [0.1, 0.15) is 43.9 Å². The number of nitrogens with one attached hydrogen (secondary N) is 1. The molecule has 0 unspecified atom stereocenters. The van der Waals surface area contributed by atoms with E-state index < -0.39 is 0 Å². The topological polar surface area (TPSA) is 42.2 Å². The maximum atomic E-state index is 12.2. The van der Waals surface area contributed by atoms with E-state index in [9.17, 15) is 4.79 Å². The van der Waals surface area contributed by atoms with E-state index in [1.54, 1.807) is 6.26 Å². The minimum Gasteiger partial charge on any atom is -0.464 e. The van der Waals surface area contributed by atoms with Crippen molar-refractivity contribution in [3.05, 3.63) is 35.1 Å². The molecule has 2 aromatic rings. The molecule has 0 bridgehead atoms. The summed E-state index contributed by atoms with van der Waals surface area (Å²) >= 11 is 0. The lowest BCUT2D eigenvalue weighted by atomic mass is 10.0. The molecule has 0 aliphatic heterocycles. The maximum Gasteiger partial charge on any atom is 0.224 e. The van der Waals surface area contributed by atoms with Crippen molar-refractivity contribution in [2.75, 3.05) is 0 Å². The minimum absolute atomic E-state index is 0.0662. The number of rotatable bonds is 5. The van der Waals surface area contributed by atoms with Crippen LogP contribution in [0, 0.1) is 19.8 Å². The van der Waals surface area contributed by atoms with Crippen LogP contribution in [0.3, 0.4) is 0 Å². The first kappa shape index (κ1) is 15.6. The van der Waals surface area contributed by atoms with E-state index in [2.05, 4.69) is 46.0 Å². The molecule has 1 heterocycles. The van der Waals surface area contributed by atoms with Crippen LogP contribution in [0.15, 0.2) is 22.8 Å². The van der Waals surface area contributed by atoms with Gasteiger partial charge in [-0.1, -0.05) is 32.9 Å². The monoisotopic (exact) mass is 287 g/mol. The number of amides is 1. The summed E-state index contributed by atoms with van der Waals surface area (Å²) in [6, 6.07) is 4.36. The van der Waals surface area contributed by atoms with Crippen molar-refractivity contribution in [2.24, 2.45) is 5.92 Å². The molecular weight excluding hydrogens is 262 g/mol. The number of carbonyl (C=O) groups is 1. The number of aryl methyl sites for hydroxylation is 2. The average molecular weight is 287 g/mol. The Balaban J connectivity index is 2.17. The molecule has 114 valence electrons. The molecule has 0 radical (unpaired) electrons. The summed E-state index contributed by atoms with van der Waals surface area (Å²) in [5.74, 6) is 0.515. The predicted molar refractivity (Wildman–Crippen MR) is 86.5 cm³/mol. The summed E-state index contributed by atoms with van der Waals surface area (Å²) in [4.78, 5) is 12.2. The Morgan fingerprint density at radius 2 is 2.00 bits per heavy atom. The molecule has 0 aliphatic carbocycles. The van der Waals surface area contributed by atoms with Gasteiger partial charge in [0.05, 0.1) is 12.7 Å². The molecule has 0 fully saturated rings. The van der Waals surface area contributed by atoms with Crippen LogP contribution >= 0.6 is 0 Å². The number of hydrogen-bond donors (Lipinski definition) is 1. The Morgan fingerprint density at radius 1 is 1.29 bits per heavy atom. The van der Waals surface area contributed by atoms with Crippen molar-refractivity contribution in [1.29, 1.82) is 0 Å². The van der Waals surface area contributed by atoms with Gasteiger partial charge in [0.2, 0.25) is 5.91 Å². The highest BCUT2D eigenvalue weighted by molar-refractivity contribution is 5.89. The molecule has 0 saturated carbocycles. The third kappa shape index (κ3) is 3.29. The van der Waals surface area contributed by atoms with Crippen LogP contribution in [0.2, 0.25) is 0 Å². The largest absolute Gasteiger partial charge is 0.464 e. The van der Waals surface area contributed by atoms with E-state index in [1.165, 1.54) is 5.56 Å². The highest BCUT2D eigenvalue weighted by Crippen LogP contribution is 2.26. The Labute approximate surface area is 126 Å². The van der Waals surface area contributed by atoms with Gasteiger partial charge in [0.1, 0.15) is 5.58 Å². The quantitative estimate of drug-likeness (QED) is 0.898. The molecule has 1 N–H and O–H groups in total. The van der Waals surface area contributed by atoms with Gasteiger partial charge in [-0.2, -0.15) is 0 Å². The Morgan fingerprint density at radius 3 is 2.62 bits per heavy atom. The van der Waals surface area contributed by atoms with Crippen LogP contribution in [-0.4, -0.2) is 11.9 Å². The molecule has 1 amide bonds. The zero-order valence-electron chi connectivity index (χ0n) is 13.6. The van der Waals surface area contributed by atoms with Crippen LogP contribution in [0.5, 0.6) is 0 Å². The number of carbonyl (C=O) groups excluding carboxylic acids is 1. The molecule has 1 aromatic heterocycles. The molecule has 3 nitrogen and oxygen atoms in total. The smallest absolute Gasteiger partial charge is 0.224 e. The van der Waals surface area contributed by atoms with Gasteiger partial charge in [-0.3, -0.25) is 4.79 Å².